The van der Waals surface area contributed by atoms with Gasteiger partial charge in [0, 0.05) is 11.9 Å². The van der Waals surface area contributed by atoms with Gasteiger partial charge in [0.15, 0.2) is 0 Å². The maximum Gasteiger partial charge on any atom is 0.457 e. The molecule has 1 aromatic rings. The smallest absolute Gasteiger partial charge is 0.206 e. The maximum atomic E-state index is 12.3. The van der Waals surface area contributed by atoms with Gasteiger partial charge in [0.25, 0.3) is 0 Å². The van der Waals surface area contributed by atoms with E-state index in [2.05, 4.69) is 48.5 Å². The van der Waals surface area contributed by atoms with Crippen LogP contribution in [0.15, 0.2) is 29.2 Å². The second-order valence-electron chi connectivity index (χ2n) is 8.94. The van der Waals surface area contributed by atoms with Gasteiger partial charge in [-0.1, -0.05) is 80.9 Å². The predicted molar refractivity (Wildman–Crippen MR) is 117 cm³/mol. The summed E-state index contributed by atoms with van der Waals surface area (Å²) in [7, 11) is -4.24. The van der Waals surface area contributed by atoms with Gasteiger partial charge < -0.3 is 0 Å². The fourth-order valence-electron chi connectivity index (χ4n) is 3.03. The van der Waals surface area contributed by atoms with E-state index in [9.17, 15) is 21.6 Å². The number of hydrogen-bond acceptors (Lipinski definition) is 3. The lowest BCUT2D eigenvalue weighted by Crippen LogP contribution is -2.41. The second kappa shape index (κ2) is 10.1. The summed E-state index contributed by atoms with van der Waals surface area (Å²) in [6, 6.07) is 6.17. The van der Waals surface area contributed by atoms with Crippen LogP contribution in [0.25, 0.3) is 0 Å². The molecule has 0 fully saturated rings. The maximum absolute atomic E-state index is 12.3. The first-order valence-corrected chi connectivity index (χ1v) is 12.1. The van der Waals surface area contributed by atoms with Gasteiger partial charge in [-0.15, -0.1) is 4.13 Å². The number of nitrogens with one attached hydrogen (secondary N) is 1. The van der Waals surface area contributed by atoms with Gasteiger partial charge in [-0.05, 0) is 40.4 Å². The van der Waals surface area contributed by atoms with Crippen molar-refractivity contribution in [3.8, 4) is 0 Å². The van der Waals surface area contributed by atoms with Crippen LogP contribution in [0.4, 0.5) is 13.2 Å². The molecule has 0 amide bonds. The Morgan fingerprint density at radius 3 is 1.72 bits per heavy atom. The number of sulfonamides is 1. The fourth-order valence-corrected chi connectivity index (χ4v) is 4.73. The lowest BCUT2D eigenvalue weighted by molar-refractivity contribution is -0.0331. The summed E-state index contributed by atoms with van der Waals surface area (Å²) in [5, 5.41) is 0. The minimum absolute atomic E-state index is 0.0930. The van der Waals surface area contributed by atoms with E-state index in [1.54, 1.807) is 12.1 Å². The van der Waals surface area contributed by atoms with Crippen molar-refractivity contribution in [3.05, 3.63) is 29.8 Å². The molecular formula is C21H36F3NO2S2. The Hall–Kier alpha value is -0.730. The third-order valence-corrected chi connectivity index (χ3v) is 7.85. The fraction of sp³-hybridized carbons (Fsp3) is 0.714. The molecule has 0 saturated carbocycles. The van der Waals surface area contributed by atoms with Crippen LogP contribution >= 0.6 is 11.9 Å². The lowest BCUT2D eigenvalue weighted by atomic mass is 9.57. The largest absolute Gasteiger partial charge is 0.457 e. The summed E-state index contributed by atoms with van der Waals surface area (Å²) in [5.41, 5.74) is -3.94. The molecule has 0 spiro atoms. The third kappa shape index (κ3) is 8.13. The van der Waals surface area contributed by atoms with Gasteiger partial charge in [0.2, 0.25) is 10.0 Å². The molecule has 1 atom stereocenters. The van der Waals surface area contributed by atoms with Gasteiger partial charge in [-0.2, -0.15) is 13.2 Å². The quantitative estimate of drug-likeness (QED) is 0.439. The Labute approximate surface area is 179 Å². The van der Waals surface area contributed by atoms with E-state index in [0.717, 1.165) is 18.4 Å². The highest BCUT2D eigenvalue weighted by atomic mass is 32.3. The van der Waals surface area contributed by atoms with Crippen LogP contribution < -0.4 is 4.13 Å². The molecule has 1 aromatic carbocycles. The standard InChI is InChI=1S/C19H30F3NO2S2.C2H6/c1-8-17(5,6)13-18(7,16(2,3)4)14-9-11-15(12-10-14)27(24,25)23-26-19(20,21)22;1-2/h9-12,23H,8,13H2,1-7H3;1-2H3. The zero-order valence-electron chi connectivity index (χ0n) is 19.0. The zero-order chi connectivity index (χ0) is 23.3. The minimum atomic E-state index is -4.68. The molecular weight excluding hydrogens is 419 g/mol. The first kappa shape index (κ1) is 28.3. The molecule has 0 aromatic heterocycles. The average Bonchev–Trinajstić information content (AvgIpc) is 2.60. The summed E-state index contributed by atoms with van der Waals surface area (Å²) >= 11 is -0.778. The highest BCUT2D eigenvalue weighted by Gasteiger charge is 2.42. The van der Waals surface area contributed by atoms with E-state index in [1.165, 1.54) is 16.3 Å². The number of halogens is 3. The summed E-state index contributed by atoms with van der Waals surface area (Å²) in [5.74, 6) is 0. The molecule has 1 rings (SSSR count). The van der Waals surface area contributed by atoms with E-state index in [0.29, 0.717) is 0 Å². The zero-order valence-corrected chi connectivity index (χ0v) is 20.6. The molecule has 3 nitrogen and oxygen atoms in total. The molecule has 1 unspecified atom stereocenters. The topological polar surface area (TPSA) is 46.2 Å². The second-order valence-corrected chi connectivity index (χ2v) is 11.7. The minimum Gasteiger partial charge on any atom is -0.206 e. The van der Waals surface area contributed by atoms with Crippen molar-refractivity contribution in [1.82, 2.24) is 4.13 Å². The Bertz CT molecular complexity index is 737. The van der Waals surface area contributed by atoms with Crippen molar-refractivity contribution in [3.63, 3.8) is 0 Å². The molecule has 0 heterocycles. The van der Waals surface area contributed by atoms with Crippen LogP contribution in [0.5, 0.6) is 0 Å². The van der Waals surface area contributed by atoms with E-state index in [-0.39, 0.29) is 21.1 Å². The molecule has 0 aliphatic heterocycles. The number of alkyl halides is 3. The van der Waals surface area contributed by atoms with Gasteiger partial charge in [-0.3, -0.25) is 0 Å². The van der Waals surface area contributed by atoms with Gasteiger partial charge in [0.05, 0.1) is 4.90 Å². The Kier molecular flexibility index (Phi) is 9.80. The number of benzene rings is 1. The highest BCUT2D eigenvalue weighted by Crippen LogP contribution is 2.49. The van der Waals surface area contributed by atoms with Crippen molar-refractivity contribution >= 4 is 22.0 Å². The van der Waals surface area contributed by atoms with Crippen molar-refractivity contribution < 1.29 is 21.6 Å². The monoisotopic (exact) mass is 455 g/mol. The van der Waals surface area contributed by atoms with E-state index in [4.69, 9.17) is 0 Å². The first-order valence-electron chi connectivity index (χ1n) is 9.81. The van der Waals surface area contributed by atoms with Crippen molar-refractivity contribution in [1.29, 1.82) is 0 Å². The Morgan fingerprint density at radius 1 is 0.931 bits per heavy atom. The van der Waals surface area contributed by atoms with Gasteiger partial charge >= 0.3 is 5.51 Å². The molecule has 0 radical (unpaired) electrons. The summed E-state index contributed by atoms with van der Waals surface area (Å²) in [4.78, 5) is -0.186. The molecule has 8 heteroatoms. The summed E-state index contributed by atoms with van der Waals surface area (Å²) in [6.45, 7) is 19.1. The van der Waals surface area contributed by atoms with Crippen LogP contribution in [-0.2, 0) is 15.4 Å². The number of hydrogen-bond donors (Lipinski definition) is 1. The van der Waals surface area contributed by atoms with Gasteiger partial charge in [0.1, 0.15) is 0 Å². The van der Waals surface area contributed by atoms with Crippen LogP contribution in [0.1, 0.15) is 80.7 Å². The molecule has 0 bridgehead atoms. The van der Waals surface area contributed by atoms with Gasteiger partial charge in [-0.25, -0.2) is 8.42 Å². The number of rotatable bonds is 7. The lowest BCUT2D eigenvalue weighted by Gasteiger charge is -2.47. The SMILES string of the molecule is CC.CCC(C)(C)CC(C)(c1ccc(S(=O)(=O)NSC(F)(F)F)cc1)C(C)(C)C. The summed E-state index contributed by atoms with van der Waals surface area (Å²) in [6.07, 6.45) is 1.90. The average molecular weight is 456 g/mol. The highest BCUT2D eigenvalue weighted by molar-refractivity contribution is 8.09. The summed E-state index contributed by atoms with van der Waals surface area (Å²) < 4.78 is 62.5. The molecule has 0 aliphatic rings. The molecule has 0 saturated heterocycles. The third-order valence-electron chi connectivity index (χ3n) is 5.51. The Balaban J connectivity index is 0.00000379. The molecule has 0 aliphatic carbocycles. The van der Waals surface area contributed by atoms with Crippen molar-refractivity contribution in [2.75, 3.05) is 0 Å². The molecule has 1 N–H and O–H groups in total. The van der Waals surface area contributed by atoms with Crippen molar-refractivity contribution in [2.45, 2.75) is 91.0 Å². The van der Waals surface area contributed by atoms with Crippen molar-refractivity contribution in [2.24, 2.45) is 10.8 Å². The van der Waals surface area contributed by atoms with E-state index >= 15 is 0 Å². The predicted octanol–water partition coefficient (Wildman–Crippen LogP) is 7.29. The normalized spacial score (nSPS) is 15.3. The first-order chi connectivity index (χ1) is 12.9. The molecule has 29 heavy (non-hydrogen) atoms. The van der Waals surface area contributed by atoms with E-state index < -0.39 is 27.5 Å². The van der Waals surface area contributed by atoms with Crippen LogP contribution in [0.2, 0.25) is 0 Å². The van der Waals surface area contributed by atoms with Crippen LogP contribution in [-0.4, -0.2) is 13.9 Å². The van der Waals surface area contributed by atoms with Crippen LogP contribution in [0, 0.1) is 10.8 Å². The Morgan fingerprint density at radius 2 is 1.38 bits per heavy atom. The van der Waals surface area contributed by atoms with E-state index in [1.807, 2.05) is 13.8 Å². The van der Waals surface area contributed by atoms with Crippen LogP contribution in [0.3, 0.4) is 0 Å². The molecule has 170 valence electrons.